The van der Waals surface area contributed by atoms with E-state index in [1.165, 1.54) is 0 Å². The van der Waals surface area contributed by atoms with Gasteiger partial charge in [-0.2, -0.15) is 0 Å². The zero-order valence-electron chi connectivity index (χ0n) is 3.01. The highest BCUT2D eigenvalue weighted by Crippen LogP contribution is 2.25. The standard InChI is InChI=1S/CH4.2ClH.H3O4P/c;;;1-5(2,3)4/h1H4;2*1H;(H3,1,2,3,4). The van der Waals surface area contributed by atoms with E-state index in [1.807, 2.05) is 0 Å². The van der Waals surface area contributed by atoms with E-state index >= 15 is 0 Å². The first-order valence-corrected chi connectivity index (χ1v) is 2.35. The minimum absolute atomic E-state index is 0. The molecule has 0 aromatic rings. The minimum atomic E-state index is -4.64. The van der Waals surface area contributed by atoms with Crippen molar-refractivity contribution >= 4 is 32.6 Å². The highest BCUT2D eigenvalue weighted by atomic mass is 35.5. The Labute approximate surface area is 60.0 Å². The van der Waals surface area contributed by atoms with Crippen molar-refractivity contribution in [2.24, 2.45) is 0 Å². The Hall–Kier alpha value is 0.690. The van der Waals surface area contributed by atoms with E-state index in [-0.39, 0.29) is 32.2 Å². The smallest absolute Gasteiger partial charge is 0.303 e. The van der Waals surface area contributed by atoms with Gasteiger partial charge in [0.15, 0.2) is 0 Å². The molecule has 0 saturated heterocycles. The zero-order chi connectivity index (χ0) is 4.50. The van der Waals surface area contributed by atoms with Crippen molar-refractivity contribution in [2.75, 3.05) is 0 Å². The maximum atomic E-state index is 8.88. The highest BCUT2D eigenvalue weighted by Gasteiger charge is 2.00. The maximum absolute atomic E-state index is 8.88. The van der Waals surface area contributed by atoms with E-state index < -0.39 is 7.82 Å². The molecule has 0 atom stereocenters. The van der Waals surface area contributed by atoms with Crippen LogP contribution in [0, 0.1) is 0 Å². The Balaban J connectivity index is -0.0000000267. The summed E-state index contributed by atoms with van der Waals surface area (Å²) < 4.78 is 8.88. The van der Waals surface area contributed by atoms with Crippen LogP contribution in [-0.4, -0.2) is 14.7 Å². The van der Waals surface area contributed by atoms with Gasteiger partial charge in [-0.25, -0.2) is 4.57 Å². The van der Waals surface area contributed by atoms with Gasteiger partial charge in [-0.3, -0.25) is 0 Å². The van der Waals surface area contributed by atoms with Gasteiger partial charge in [0.1, 0.15) is 0 Å². The van der Waals surface area contributed by atoms with Crippen molar-refractivity contribution in [3.63, 3.8) is 0 Å². The van der Waals surface area contributed by atoms with E-state index in [1.54, 1.807) is 0 Å². The molecule has 3 N–H and O–H groups in total. The number of hydrogen-bond acceptors (Lipinski definition) is 1. The molecule has 0 aromatic carbocycles. The van der Waals surface area contributed by atoms with Gasteiger partial charge in [0.2, 0.25) is 0 Å². The largest absolute Gasteiger partial charge is 0.466 e. The summed E-state index contributed by atoms with van der Waals surface area (Å²) in [5, 5.41) is 0. The number of hydrogen-bond donors (Lipinski definition) is 3. The van der Waals surface area contributed by atoms with Gasteiger partial charge in [0, 0.05) is 0 Å². The normalized spacial score (nSPS) is 7.38. The van der Waals surface area contributed by atoms with Gasteiger partial charge in [0.25, 0.3) is 0 Å². The van der Waals surface area contributed by atoms with E-state index in [2.05, 4.69) is 0 Å². The van der Waals surface area contributed by atoms with Crippen LogP contribution in [0.5, 0.6) is 0 Å². The molecule has 0 unspecified atom stereocenters. The molecule has 0 radical (unpaired) electrons. The van der Waals surface area contributed by atoms with Gasteiger partial charge in [0.05, 0.1) is 0 Å². The SMILES string of the molecule is C.Cl.Cl.O=P(O)(O)O. The molecule has 0 saturated carbocycles. The molecule has 56 valence electrons. The van der Waals surface area contributed by atoms with Crippen LogP contribution in [0.2, 0.25) is 0 Å². The predicted molar refractivity (Wildman–Crippen MR) is 35.5 cm³/mol. The molecule has 7 heteroatoms. The van der Waals surface area contributed by atoms with Crippen LogP contribution in [0.4, 0.5) is 0 Å². The van der Waals surface area contributed by atoms with Crippen LogP contribution in [0.15, 0.2) is 0 Å². The summed E-state index contributed by atoms with van der Waals surface area (Å²) in [5.41, 5.74) is 0. The third kappa shape index (κ3) is 455. The summed E-state index contributed by atoms with van der Waals surface area (Å²) in [6.07, 6.45) is 0. The van der Waals surface area contributed by atoms with Gasteiger partial charge < -0.3 is 14.7 Å². The molecule has 4 nitrogen and oxygen atoms in total. The van der Waals surface area contributed by atoms with Crippen molar-refractivity contribution in [1.29, 1.82) is 0 Å². The van der Waals surface area contributed by atoms with Crippen molar-refractivity contribution in [3.05, 3.63) is 0 Å². The van der Waals surface area contributed by atoms with Crippen LogP contribution in [0.1, 0.15) is 7.43 Å². The van der Waals surface area contributed by atoms with Gasteiger partial charge >= 0.3 is 7.82 Å². The second-order valence-corrected chi connectivity index (χ2v) is 1.54. The lowest BCUT2D eigenvalue weighted by Crippen LogP contribution is -1.66. The molecule has 0 bridgehead atoms. The zero-order valence-corrected chi connectivity index (χ0v) is 5.54. The molecular formula is CH9Cl2O4P. The first kappa shape index (κ1) is 23.4. The number of rotatable bonds is 0. The van der Waals surface area contributed by atoms with Crippen LogP contribution < -0.4 is 0 Å². The quantitative estimate of drug-likeness (QED) is 0.484. The summed E-state index contributed by atoms with van der Waals surface area (Å²) in [4.78, 5) is 21.6. The van der Waals surface area contributed by atoms with Crippen molar-refractivity contribution in [2.45, 2.75) is 7.43 Å². The Morgan fingerprint density at radius 2 is 1.00 bits per heavy atom. The van der Waals surface area contributed by atoms with Crippen LogP contribution in [0.3, 0.4) is 0 Å². The van der Waals surface area contributed by atoms with Gasteiger partial charge in [-0.15, -0.1) is 24.8 Å². The topological polar surface area (TPSA) is 77.8 Å². The molecule has 0 aliphatic heterocycles. The molecule has 0 rings (SSSR count). The van der Waals surface area contributed by atoms with Gasteiger partial charge in [-0.05, 0) is 0 Å². The summed E-state index contributed by atoms with van der Waals surface area (Å²) in [5.74, 6) is 0. The fourth-order valence-electron chi connectivity index (χ4n) is 0. The second-order valence-electron chi connectivity index (χ2n) is 0.513. The summed E-state index contributed by atoms with van der Waals surface area (Å²) in [6.45, 7) is 0. The lowest BCUT2D eigenvalue weighted by molar-refractivity contribution is 0.275. The lowest BCUT2D eigenvalue weighted by atomic mass is 12.0. The fourth-order valence-corrected chi connectivity index (χ4v) is 0. The first-order chi connectivity index (χ1) is 2.00. The number of phosphoric acid groups is 1. The lowest BCUT2D eigenvalue weighted by Gasteiger charge is -1.82. The average Bonchev–Trinajstić information content (AvgIpc) is 0.722. The van der Waals surface area contributed by atoms with Crippen molar-refractivity contribution in [3.8, 4) is 0 Å². The molecule has 8 heavy (non-hydrogen) atoms. The van der Waals surface area contributed by atoms with Crippen LogP contribution in [0.25, 0.3) is 0 Å². The fraction of sp³-hybridized carbons (Fsp3) is 1.00. The third-order valence-corrected chi connectivity index (χ3v) is 0. The number of halogens is 2. The molecule has 0 heterocycles. The van der Waals surface area contributed by atoms with E-state index in [9.17, 15) is 0 Å². The molecule has 0 spiro atoms. The van der Waals surface area contributed by atoms with Gasteiger partial charge in [-0.1, -0.05) is 7.43 Å². The summed E-state index contributed by atoms with van der Waals surface area (Å²) in [7, 11) is -4.64. The first-order valence-electron chi connectivity index (χ1n) is 0.783. The Morgan fingerprint density at radius 3 is 1.00 bits per heavy atom. The minimum Gasteiger partial charge on any atom is -0.303 e. The molecule has 0 aromatic heterocycles. The van der Waals surface area contributed by atoms with Crippen molar-refractivity contribution < 1.29 is 19.2 Å². The Morgan fingerprint density at radius 1 is 1.00 bits per heavy atom. The predicted octanol–water partition coefficient (Wildman–Crippen LogP) is 0.551. The Bertz CT molecular complexity index is 60.2. The Kier molecular flexibility index (Phi) is 22.5. The van der Waals surface area contributed by atoms with Crippen LogP contribution in [-0.2, 0) is 4.57 Å². The molecular weight excluding hydrogens is 178 g/mol. The monoisotopic (exact) mass is 186 g/mol. The van der Waals surface area contributed by atoms with Crippen molar-refractivity contribution in [1.82, 2.24) is 0 Å². The maximum Gasteiger partial charge on any atom is 0.466 e. The molecule has 0 fully saturated rings. The van der Waals surface area contributed by atoms with E-state index in [4.69, 9.17) is 19.2 Å². The highest BCUT2D eigenvalue weighted by molar-refractivity contribution is 7.45. The molecule has 0 amide bonds. The van der Waals surface area contributed by atoms with E-state index in [0.29, 0.717) is 0 Å². The van der Waals surface area contributed by atoms with Crippen LogP contribution >= 0.6 is 32.6 Å². The van der Waals surface area contributed by atoms with E-state index in [0.717, 1.165) is 0 Å². The molecule has 0 aliphatic carbocycles. The summed E-state index contributed by atoms with van der Waals surface area (Å²) >= 11 is 0. The molecule has 0 aliphatic rings. The summed E-state index contributed by atoms with van der Waals surface area (Å²) in [6, 6.07) is 0. The average molecular weight is 187 g/mol. The third-order valence-electron chi connectivity index (χ3n) is 0. The second kappa shape index (κ2) is 7.69.